The second kappa shape index (κ2) is 10.9. The van der Waals surface area contributed by atoms with E-state index in [1.807, 2.05) is 6.07 Å². The van der Waals surface area contributed by atoms with E-state index in [1.165, 1.54) is 43.5 Å². The summed E-state index contributed by atoms with van der Waals surface area (Å²) in [6.45, 7) is 7.02. The lowest BCUT2D eigenvalue weighted by molar-refractivity contribution is -0.103. The van der Waals surface area contributed by atoms with Gasteiger partial charge in [0.05, 0.1) is 5.57 Å². The molecule has 2 aromatic carbocycles. The number of halogens is 1. The summed E-state index contributed by atoms with van der Waals surface area (Å²) in [4.78, 5) is 14.6. The van der Waals surface area contributed by atoms with Gasteiger partial charge in [0.2, 0.25) is 0 Å². The predicted molar refractivity (Wildman–Crippen MR) is 132 cm³/mol. The lowest BCUT2D eigenvalue weighted by Gasteiger charge is -2.33. The number of nitrogens with one attached hydrogen (secondary N) is 2. The van der Waals surface area contributed by atoms with Crippen molar-refractivity contribution < 1.29 is 13.9 Å². The molecular formula is C27H34FN3O2. The number of rotatable bonds is 9. The van der Waals surface area contributed by atoms with Crippen molar-refractivity contribution in [3.8, 4) is 0 Å². The van der Waals surface area contributed by atoms with Crippen LogP contribution in [0.3, 0.4) is 0 Å². The first kappa shape index (κ1) is 23.5. The van der Waals surface area contributed by atoms with Crippen LogP contribution in [0.4, 0.5) is 10.1 Å². The molecule has 4 rings (SSSR count). The molecule has 2 aliphatic heterocycles. The van der Waals surface area contributed by atoms with Gasteiger partial charge in [-0.3, -0.25) is 9.69 Å². The third-order valence-corrected chi connectivity index (χ3v) is 6.80. The summed E-state index contributed by atoms with van der Waals surface area (Å²) in [7, 11) is 1.75. The van der Waals surface area contributed by atoms with Gasteiger partial charge >= 0.3 is 0 Å². The van der Waals surface area contributed by atoms with Gasteiger partial charge < -0.3 is 15.4 Å². The monoisotopic (exact) mass is 451 g/mol. The Bertz CT molecular complexity index is 1020. The van der Waals surface area contributed by atoms with Gasteiger partial charge in [-0.2, -0.15) is 0 Å². The Labute approximate surface area is 196 Å². The lowest BCUT2D eigenvalue weighted by atomic mass is 9.97. The summed E-state index contributed by atoms with van der Waals surface area (Å²) in [6, 6.07) is 11.3. The molecule has 0 saturated carbocycles. The second-order valence-corrected chi connectivity index (χ2v) is 8.96. The average molecular weight is 452 g/mol. The van der Waals surface area contributed by atoms with E-state index in [-0.39, 0.29) is 5.82 Å². The topological polar surface area (TPSA) is 53.6 Å². The van der Waals surface area contributed by atoms with E-state index < -0.39 is 0 Å². The van der Waals surface area contributed by atoms with Crippen molar-refractivity contribution in [2.75, 3.05) is 38.5 Å². The van der Waals surface area contributed by atoms with E-state index >= 15 is 0 Å². The van der Waals surface area contributed by atoms with Gasteiger partial charge in [0.15, 0.2) is 6.29 Å². The molecule has 1 fully saturated rings. The number of hydrogen-bond acceptors (Lipinski definition) is 5. The van der Waals surface area contributed by atoms with Crippen molar-refractivity contribution in [1.29, 1.82) is 0 Å². The molecule has 0 radical (unpaired) electrons. The van der Waals surface area contributed by atoms with Crippen LogP contribution in [0.25, 0.3) is 11.3 Å². The van der Waals surface area contributed by atoms with Gasteiger partial charge in [0, 0.05) is 48.6 Å². The minimum Gasteiger partial charge on any atom is -0.487 e. The highest BCUT2D eigenvalue weighted by Crippen LogP contribution is 2.37. The number of nitrogens with zero attached hydrogens (tertiary/aromatic N) is 1. The van der Waals surface area contributed by atoms with Crippen LogP contribution in [0.5, 0.6) is 0 Å². The number of allylic oxidation sites excluding steroid dienone is 1. The zero-order valence-electron chi connectivity index (χ0n) is 19.6. The van der Waals surface area contributed by atoms with Crippen molar-refractivity contribution in [1.82, 2.24) is 10.2 Å². The molecule has 0 aliphatic carbocycles. The fourth-order valence-electron chi connectivity index (χ4n) is 4.86. The number of likely N-dealkylation sites (tertiary alicyclic amines) is 1. The molecule has 0 spiro atoms. The summed E-state index contributed by atoms with van der Waals surface area (Å²) in [6.07, 6.45) is 5.68. The van der Waals surface area contributed by atoms with Gasteiger partial charge in [-0.1, -0.05) is 24.6 Å². The van der Waals surface area contributed by atoms with Crippen LogP contribution in [-0.2, 0) is 22.6 Å². The Morgan fingerprint density at radius 2 is 2.09 bits per heavy atom. The van der Waals surface area contributed by atoms with E-state index in [4.69, 9.17) is 4.74 Å². The van der Waals surface area contributed by atoms with Crippen molar-refractivity contribution in [2.45, 2.75) is 45.3 Å². The molecule has 0 aromatic heterocycles. The number of benzene rings is 2. The number of carbonyl (C=O) groups is 1. The molecule has 2 aromatic rings. The van der Waals surface area contributed by atoms with E-state index in [0.29, 0.717) is 35.2 Å². The highest BCUT2D eigenvalue weighted by atomic mass is 19.1. The third kappa shape index (κ3) is 5.45. The number of fused-ring (bicyclic) bond motifs is 1. The number of carbonyl (C=O) groups excluding carboxylic acids is 1. The Balaban J connectivity index is 1.40. The second-order valence-electron chi connectivity index (χ2n) is 8.96. The predicted octanol–water partition coefficient (Wildman–Crippen LogP) is 4.47. The largest absolute Gasteiger partial charge is 0.487 e. The number of hydrogen-bond donors (Lipinski definition) is 2. The van der Waals surface area contributed by atoms with Crippen LogP contribution in [0.1, 0.15) is 48.4 Å². The standard InChI is InChI=1S/C27H34FN3O2/c1-19-5-3-4-13-31(19)14-12-30-11-10-20-6-8-23-21(15-20)18-33-27(23)25(17-32)24-16-22(28)7-9-26(24)29-2/h6-9,15-17,19,29-30H,3-5,10-14,18H2,1-2H3/b27-25-. The molecule has 33 heavy (non-hydrogen) atoms. The highest BCUT2D eigenvalue weighted by molar-refractivity contribution is 6.18. The van der Waals surface area contributed by atoms with E-state index in [9.17, 15) is 9.18 Å². The van der Waals surface area contributed by atoms with Crippen molar-refractivity contribution >= 4 is 23.3 Å². The first-order valence-corrected chi connectivity index (χ1v) is 12.0. The van der Waals surface area contributed by atoms with Crippen LogP contribution in [-0.4, -0.2) is 50.5 Å². The number of piperidine rings is 1. The first-order valence-electron chi connectivity index (χ1n) is 12.0. The third-order valence-electron chi connectivity index (χ3n) is 6.80. The van der Waals surface area contributed by atoms with Crippen LogP contribution in [0.2, 0.25) is 0 Å². The Kier molecular flexibility index (Phi) is 7.78. The molecule has 2 N–H and O–H groups in total. The van der Waals surface area contributed by atoms with Crippen molar-refractivity contribution in [3.63, 3.8) is 0 Å². The molecule has 176 valence electrons. The maximum atomic E-state index is 13.9. The minimum atomic E-state index is -0.389. The van der Waals surface area contributed by atoms with Crippen LogP contribution < -0.4 is 10.6 Å². The Morgan fingerprint density at radius 3 is 2.88 bits per heavy atom. The number of aldehydes is 1. The molecule has 1 unspecified atom stereocenters. The van der Waals surface area contributed by atoms with Crippen molar-refractivity contribution in [3.05, 3.63) is 64.5 Å². The molecule has 2 heterocycles. The summed E-state index contributed by atoms with van der Waals surface area (Å²) in [5.74, 6) is 0.127. The zero-order valence-corrected chi connectivity index (χ0v) is 19.6. The average Bonchev–Trinajstić information content (AvgIpc) is 3.24. The Hall–Kier alpha value is -2.70. The summed E-state index contributed by atoms with van der Waals surface area (Å²) in [5, 5.41) is 6.60. The van der Waals surface area contributed by atoms with E-state index in [0.717, 1.165) is 43.5 Å². The maximum absolute atomic E-state index is 13.9. The van der Waals surface area contributed by atoms with Gasteiger partial charge in [0.1, 0.15) is 18.2 Å². The van der Waals surface area contributed by atoms with E-state index in [1.54, 1.807) is 13.1 Å². The molecule has 2 aliphatic rings. The fourth-order valence-corrected chi connectivity index (χ4v) is 4.86. The summed E-state index contributed by atoms with van der Waals surface area (Å²) < 4.78 is 19.8. The van der Waals surface area contributed by atoms with Crippen LogP contribution in [0, 0.1) is 5.82 Å². The summed E-state index contributed by atoms with van der Waals surface area (Å²) >= 11 is 0. The SMILES string of the molecule is CNc1ccc(F)cc1/C(C=O)=C1\OCc2cc(CCNCCN3CCCCC3C)ccc21. The highest BCUT2D eigenvalue weighted by Gasteiger charge is 2.24. The summed E-state index contributed by atoms with van der Waals surface area (Å²) in [5.41, 5.74) is 4.76. The first-order chi connectivity index (χ1) is 16.1. The van der Waals surface area contributed by atoms with Crippen LogP contribution >= 0.6 is 0 Å². The molecular weight excluding hydrogens is 417 g/mol. The number of ether oxygens (including phenoxy) is 1. The lowest BCUT2D eigenvalue weighted by Crippen LogP contribution is -2.41. The smallest absolute Gasteiger partial charge is 0.154 e. The molecule has 6 heteroatoms. The number of anilines is 1. The molecule has 5 nitrogen and oxygen atoms in total. The van der Waals surface area contributed by atoms with Gasteiger partial charge in [-0.05, 0) is 63.0 Å². The maximum Gasteiger partial charge on any atom is 0.154 e. The molecule has 0 bridgehead atoms. The molecule has 1 saturated heterocycles. The van der Waals surface area contributed by atoms with Gasteiger partial charge in [-0.25, -0.2) is 4.39 Å². The van der Waals surface area contributed by atoms with Crippen molar-refractivity contribution in [2.24, 2.45) is 0 Å². The quantitative estimate of drug-likeness (QED) is 0.335. The van der Waals surface area contributed by atoms with Gasteiger partial charge in [0.25, 0.3) is 0 Å². The zero-order chi connectivity index (χ0) is 23.2. The fraction of sp³-hybridized carbons (Fsp3) is 0.444. The molecule has 0 amide bonds. The Morgan fingerprint density at radius 1 is 1.21 bits per heavy atom. The normalized spacial score (nSPS) is 19.7. The molecule has 1 atom stereocenters. The van der Waals surface area contributed by atoms with E-state index in [2.05, 4.69) is 34.6 Å². The van der Waals surface area contributed by atoms with Gasteiger partial charge in [-0.15, -0.1) is 0 Å². The van der Waals surface area contributed by atoms with Crippen LogP contribution in [0.15, 0.2) is 36.4 Å². The minimum absolute atomic E-state index is 0.360.